The first-order chi connectivity index (χ1) is 18.3. The van der Waals surface area contributed by atoms with E-state index in [2.05, 4.69) is 5.32 Å². The summed E-state index contributed by atoms with van der Waals surface area (Å²) in [5.74, 6) is 0.169. The number of hydrogen-bond acceptors (Lipinski definition) is 6. The van der Waals surface area contributed by atoms with E-state index in [1.807, 2.05) is 78.5 Å². The summed E-state index contributed by atoms with van der Waals surface area (Å²) in [5.41, 5.74) is 2.05. The van der Waals surface area contributed by atoms with E-state index in [0.29, 0.717) is 26.0 Å². The second kappa shape index (κ2) is 14.5. The molecule has 2 fully saturated rings. The van der Waals surface area contributed by atoms with E-state index >= 15 is 0 Å². The van der Waals surface area contributed by atoms with E-state index < -0.39 is 6.04 Å². The topological polar surface area (TPSA) is 96.4 Å². The fourth-order valence-electron chi connectivity index (χ4n) is 4.91. The second-order valence-electron chi connectivity index (χ2n) is 10.1. The molecule has 4 rings (SSSR count). The van der Waals surface area contributed by atoms with Crippen LogP contribution in [-0.2, 0) is 27.3 Å². The molecule has 206 valence electrons. The third kappa shape index (κ3) is 8.29. The number of hydrazine groups is 1. The quantitative estimate of drug-likeness (QED) is 0.517. The van der Waals surface area contributed by atoms with Crippen LogP contribution in [0.1, 0.15) is 43.2 Å². The Morgan fingerprint density at radius 1 is 1.03 bits per heavy atom. The maximum absolute atomic E-state index is 13.5. The van der Waals surface area contributed by atoms with Gasteiger partial charge in [-0.05, 0) is 36.1 Å². The van der Waals surface area contributed by atoms with Crippen molar-refractivity contribution in [2.45, 2.75) is 57.2 Å². The molecule has 1 unspecified atom stereocenters. The number of amides is 3. The predicted octanol–water partition coefficient (Wildman–Crippen LogP) is 2.61. The minimum atomic E-state index is -0.542. The Hall–Kier alpha value is -3.43. The molecule has 1 aliphatic heterocycles. The second-order valence-corrected chi connectivity index (χ2v) is 10.1. The average Bonchev–Trinajstić information content (AvgIpc) is 2.94. The lowest BCUT2D eigenvalue weighted by atomic mass is 9.93. The van der Waals surface area contributed by atoms with Crippen LogP contribution < -0.4 is 5.32 Å². The van der Waals surface area contributed by atoms with Crippen molar-refractivity contribution in [2.24, 2.45) is 0 Å². The van der Waals surface area contributed by atoms with Gasteiger partial charge < -0.3 is 20.2 Å². The first kappa shape index (κ1) is 29.1. The van der Waals surface area contributed by atoms with Gasteiger partial charge in [-0.2, -0.15) is 0 Å². The van der Waals surface area contributed by atoms with Crippen LogP contribution in [0.3, 0.4) is 0 Å². The Balaban J connectivity index is 0.000000336. The molecule has 9 heteroatoms. The minimum absolute atomic E-state index is 0.00581. The van der Waals surface area contributed by atoms with Gasteiger partial charge in [-0.15, -0.1) is 0 Å². The zero-order valence-electron chi connectivity index (χ0n) is 22.8. The van der Waals surface area contributed by atoms with Crippen molar-refractivity contribution in [3.05, 3.63) is 65.7 Å². The molecular formula is C29H41N5O4. The van der Waals surface area contributed by atoms with Gasteiger partial charge >= 0.3 is 0 Å². The first-order valence-electron chi connectivity index (χ1n) is 13.3. The number of likely N-dealkylation sites (N-methyl/N-ethyl adjacent to an activating group) is 2. The summed E-state index contributed by atoms with van der Waals surface area (Å²) < 4.78 is 0. The molecule has 9 nitrogen and oxygen atoms in total. The summed E-state index contributed by atoms with van der Waals surface area (Å²) in [5, 5.41) is 16.0. The van der Waals surface area contributed by atoms with Crippen LogP contribution >= 0.6 is 0 Å². The lowest BCUT2D eigenvalue weighted by Gasteiger charge is -2.44. The van der Waals surface area contributed by atoms with Crippen molar-refractivity contribution in [3.63, 3.8) is 0 Å². The Labute approximate surface area is 226 Å². The predicted molar refractivity (Wildman–Crippen MR) is 147 cm³/mol. The highest BCUT2D eigenvalue weighted by Gasteiger charge is 2.37. The number of nitrogens with zero attached hydrogens (tertiary/aromatic N) is 4. The zero-order chi connectivity index (χ0) is 27.5. The fourth-order valence-corrected chi connectivity index (χ4v) is 4.91. The van der Waals surface area contributed by atoms with E-state index in [-0.39, 0.29) is 30.2 Å². The van der Waals surface area contributed by atoms with Gasteiger partial charge in [-0.1, -0.05) is 61.7 Å². The van der Waals surface area contributed by atoms with Gasteiger partial charge in [0.2, 0.25) is 18.2 Å². The zero-order valence-corrected chi connectivity index (χ0v) is 22.8. The molecule has 0 spiro atoms. The Bertz CT molecular complexity index is 1030. The normalized spacial score (nSPS) is 17.8. The summed E-state index contributed by atoms with van der Waals surface area (Å²) in [6, 6.07) is 16.4. The van der Waals surface area contributed by atoms with Crippen molar-refractivity contribution >= 4 is 18.2 Å². The summed E-state index contributed by atoms with van der Waals surface area (Å²) in [6.45, 7) is 1.27. The highest BCUT2D eigenvalue weighted by molar-refractivity contribution is 5.89. The fraction of sp³-hybridized carbons (Fsp3) is 0.483. The standard InChI is InChI=1S/C21H32N4O3.C8H9NO/c1-22-14-20(27)25(15-23(22)2)19(13-16-9-11-18(26)12-10-16)21(28)24(3)17-7-5-4-6-8-17;10-7-9-6-8-4-2-1-3-5-8/h9-12,17,19,26H,4-8,13-15H2,1-3H3;1-5,7H,6H2,(H,9,10). The van der Waals surface area contributed by atoms with Crippen molar-refractivity contribution in [3.8, 4) is 5.75 Å². The number of rotatable bonds is 8. The first-order valence-corrected chi connectivity index (χ1v) is 13.3. The number of hydrogen-bond donors (Lipinski definition) is 2. The van der Waals surface area contributed by atoms with E-state index in [9.17, 15) is 19.5 Å². The Morgan fingerprint density at radius 2 is 1.68 bits per heavy atom. The molecule has 2 aromatic rings. The molecule has 0 aromatic heterocycles. The number of nitrogens with one attached hydrogen (secondary N) is 1. The molecule has 2 aromatic carbocycles. The molecule has 1 heterocycles. The molecule has 1 saturated heterocycles. The van der Waals surface area contributed by atoms with Crippen molar-refractivity contribution in [2.75, 3.05) is 34.4 Å². The van der Waals surface area contributed by atoms with Gasteiger partial charge in [-0.25, -0.2) is 10.0 Å². The highest BCUT2D eigenvalue weighted by atomic mass is 16.3. The highest BCUT2D eigenvalue weighted by Crippen LogP contribution is 2.24. The van der Waals surface area contributed by atoms with Gasteiger partial charge in [0.1, 0.15) is 11.8 Å². The monoisotopic (exact) mass is 523 g/mol. The van der Waals surface area contributed by atoms with Crippen LogP contribution in [0.25, 0.3) is 0 Å². The third-order valence-corrected chi connectivity index (χ3v) is 7.35. The minimum Gasteiger partial charge on any atom is -0.508 e. The van der Waals surface area contributed by atoms with E-state index in [1.165, 1.54) is 6.42 Å². The van der Waals surface area contributed by atoms with E-state index in [0.717, 1.165) is 36.8 Å². The van der Waals surface area contributed by atoms with Crippen LogP contribution in [-0.4, -0.2) is 89.6 Å². The van der Waals surface area contributed by atoms with Gasteiger partial charge in [0.25, 0.3) is 0 Å². The summed E-state index contributed by atoms with van der Waals surface area (Å²) in [7, 11) is 5.68. The largest absolute Gasteiger partial charge is 0.508 e. The number of carbonyl (C=O) groups is 3. The van der Waals surface area contributed by atoms with Crippen LogP contribution in [0.4, 0.5) is 0 Å². The number of benzene rings is 2. The molecule has 2 N–H and O–H groups in total. The SMILES string of the molecule is CN(C(=O)C(Cc1ccc(O)cc1)N1CN(C)N(C)CC1=O)C1CCCCC1.O=CNCc1ccccc1. The maximum atomic E-state index is 13.5. The number of phenols is 1. The van der Waals surface area contributed by atoms with Gasteiger partial charge in [-0.3, -0.25) is 14.4 Å². The van der Waals surface area contributed by atoms with Crippen LogP contribution in [0.5, 0.6) is 5.75 Å². The molecule has 0 bridgehead atoms. The molecule has 1 saturated carbocycles. The van der Waals surface area contributed by atoms with Crippen LogP contribution in [0, 0.1) is 0 Å². The van der Waals surface area contributed by atoms with Crippen molar-refractivity contribution < 1.29 is 19.5 Å². The van der Waals surface area contributed by atoms with Crippen LogP contribution in [0.15, 0.2) is 54.6 Å². The summed E-state index contributed by atoms with van der Waals surface area (Å²) >= 11 is 0. The molecular weight excluding hydrogens is 482 g/mol. The molecule has 2 aliphatic rings. The smallest absolute Gasteiger partial charge is 0.245 e. The lowest BCUT2D eigenvalue weighted by Crippen LogP contribution is -2.63. The molecule has 0 radical (unpaired) electrons. The third-order valence-electron chi connectivity index (χ3n) is 7.35. The molecule has 3 amide bonds. The Kier molecular flexibility index (Phi) is 11.1. The number of carbonyl (C=O) groups excluding carboxylic acids is 3. The summed E-state index contributed by atoms with van der Waals surface area (Å²) in [6.07, 6.45) is 6.75. The van der Waals surface area contributed by atoms with E-state index in [4.69, 9.17) is 0 Å². The number of phenolic OH excluding ortho intramolecular Hbond substituents is 1. The van der Waals surface area contributed by atoms with Gasteiger partial charge in [0.05, 0.1) is 13.2 Å². The Morgan fingerprint density at radius 3 is 2.32 bits per heavy atom. The molecule has 1 aliphatic carbocycles. The van der Waals surface area contributed by atoms with Gasteiger partial charge in [0.15, 0.2) is 0 Å². The molecule has 38 heavy (non-hydrogen) atoms. The summed E-state index contributed by atoms with van der Waals surface area (Å²) in [4.78, 5) is 39.7. The molecule has 1 atom stereocenters. The van der Waals surface area contributed by atoms with Crippen molar-refractivity contribution in [1.82, 2.24) is 25.1 Å². The van der Waals surface area contributed by atoms with E-state index in [1.54, 1.807) is 17.0 Å². The average molecular weight is 524 g/mol. The van der Waals surface area contributed by atoms with Gasteiger partial charge in [0, 0.05) is 40.2 Å². The van der Waals surface area contributed by atoms with Crippen LogP contribution in [0.2, 0.25) is 0 Å². The lowest BCUT2D eigenvalue weighted by molar-refractivity contribution is -0.164. The maximum Gasteiger partial charge on any atom is 0.245 e. The number of aromatic hydroxyl groups is 1. The van der Waals surface area contributed by atoms with Crippen molar-refractivity contribution in [1.29, 1.82) is 0 Å².